The van der Waals surface area contributed by atoms with Crippen molar-refractivity contribution in [1.82, 2.24) is 35.5 Å². The van der Waals surface area contributed by atoms with Crippen LogP contribution >= 0.6 is 23.1 Å². The molecule has 0 aliphatic heterocycles. The predicted molar refractivity (Wildman–Crippen MR) is 66.9 cm³/mol. The van der Waals surface area contributed by atoms with Crippen molar-refractivity contribution >= 4 is 33.9 Å². The first-order chi connectivity index (χ1) is 8.72. The lowest BCUT2D eigenvalue weighted by molar-refractivity contribution is 0.702. The summed E-state index contributed by atoms with van der Waals surface area (Å²) in [4.78, 5) is 1.92. The standard InChI is InChI=1S/C8H8N8S2/c1-15(2)7-10-11-8(18-7)17-6-4-3-5-9-13-14-16(5)12-6/h3-4H,1-2H3. The highest BCUT2D eigenvalue weighted by Gasteiger charge is 2.09. The third-order valence-electron chi connectivity index (χ3n) is 2.02. The normalized spacial score (nSPS) is 11.0. The SMILES string of the molecule is CN(C)c1nnc(Sc2ccc3nnnn3n2)s1. The van der Waals surface area contributed by atoms with Gasteiger partial charge in [-0.3, -0.25) is 0 Å². The molecule has 3 rings (SSSR count). The summed E-state index contributed by atoms with van der Waals surface area (Å²) in [6.07, 6.45) is 0. The second-order valence-corrected chi connectivity index (χ2v) is 5.77. The van der Waals surface area contributed by atoms with E-state index in [1.54, 1.807) is 0 Å². The molecule has 0 saturated carbocycles. The maximum atomic E-state index is 4.25. The summed E-state index contributed by atoms with van der Waals surface area (Å²) in [7, 11) is 3.86. The summed E-state index contributed by atoms with van der Waals surface area (Å²) in [5.74, 6) is 0. The first kappa shape index (κ1) is 11.3. The van der Waals surface area contributed by atoms with E-state index in [1.807, 2.05) is 31.1 Å². The van der Waals surface area contributed by atoms with Crippen LogP contribution in [0.2, 0.25) is 0 Å². The highest BCUT2D eigenvalue weighted by molar-refractivity contribution is 8.01. The minimum absolute atomic E-state index is 0.616. The number of aromatic nitrogens is 7. The Labute approximate surface area is 110 Å². The number of hydrogen-bond donors (Lipinski definition) is 0. The van der Waals surface area contributed by atoms with E-state index in [2.05, 4.69) is 30.8 Å². The summed E-state index contributed by atoms with van der Waals surface area (Å²) in [6, 6.07) is 3.66. The summed E-state index contributed by atoms with van der Waals surface area (Å²) in [6.45, 7) is 0. The highest BCUT2D eigenvalue weighted by atomic mass is 32.2. The molecule has 0 saturated heterocycles. The molecule has 8 nitrogen and oxygen atoms in total. The summed E-state index contributed by atoms with van der Waals surface area (Å²) in [5, 5.41) is 25.1. The van der Waals surface area contributed by atoms with Gasteiger partial charge >= 0.3 is 0 Å². The van der Waals surface area contributed by atoms with E-state index in [4.69, 9.17) is 0 Å². The van der Waals surface area contributed by atoms with Crippen LogP contribution in [0.25, 0.3) is 5.65 Å². The molecule has 0 aliphatic rings. The van der Waals surface area contributed by atoms with Gasteiger partial charge in [-0.25, -0.2) is 0 Å². The number of tetrazole rings is 1. The van der Waals surface area contributed by atoms with E-state index in [9.17, 15) is 0 Å². The molecule has 0 radical (unpaired) electrons. The fraction of sp³-hybridized carbons (Fsp3) is 0.250. The van der Waals surface area contributed by atoms with Gasteiger partial charge in [-0.15, -0.1) is 25.0 Å². The Hall–Kier alpha value is -1.81. The van der Waals surface area contributed by atoms with E-state index < -0.39 is 0 Å². The number of nitrogens with zero attached hydrogens (tertiary/aromatic N) is 8. The second kappa shape index (κ2) is 4.46. The lowest BCUT2D eigenvalue weighted by atomic mass is 10.6. The van der Waals surface area contributed by atoms with Gasteiger partial charge in [-0.05, 0) is 34.3 Å². The van der Waals surface area contributed by atoms with Crippen LogP contribution in [-0.4, -0.2) is 49.5 Å². The molecule has 0 aromatic carbocycles. The maximum Gasteiger partial charge on any atom is 0.208 e. The minimum Gasteiger partial charge on any atom is -0.353 e. The van der Waals surface area contributed by atoms with Crippen molar-refractivity contribution in [3.05, 3.63) is 12.1 Å². The van der Waals surface area contributed by atoms with Crippen LogP contribution in [0.5, 0.6) is 0 Å². The fourth-order valence-electron chi connectivity index (χ4n) is 1.20. The number of rotatable bonds is 3. The number of hydrogen-bond acceptors (Lipinski definition) is 9. The van der Waals surface area contributed by atoms with Gasteiger partial charge in [0.1, 0.15) is 5.03 Å². The maximum absolute atomic E-state index is 4.25. The first-order valence-electron chi connectivity index (χ1n) is 4.96. The molecule has 10 heteroatoms. The molecular weight excluding hydrogens is 272 g/mol. The van der Waals surface area contributed by atoms with Crippen molar-refractivity contribution < 1.29 is 0 Å². The molecule has 3 aromatic rings. The van der Waals surface area contributed by atoms with Gasteiger partial charge in [0.05, 0.1) is 0 Å². The Morgan fingerprint density at radius 3 is 2.89 bits per heavy atom. The lowest BCUT2D eigenvalue weighted by Crippen LogP contribution is -2.07. The predicted octanol–water partition coefficient (Wildman–Crippen LogP) is 0.588. The van der Waals surface area contributed by atoms with Crippen LogP contribution in [0, 0.1) is 0 Å². The molecule has 0 N–H and O–H groups in total. The van der Waals surface area contributed by atoms with Gasteiger partial charge in [0.15, 0.2) is 9.99 Å². The van der Waals surface area contributed by atoms with Crippen molar-refractivity contribution in [2.24, 2.45) is 0 Å². The van der Waals surface area contributed by atoms with Gasteiger partial charge in [0.2, 0.25) is 5.13 Å². The number of anilines is 1. The van der Waals surface area contributed by atoms with Crippen LogP contribution < -0.4 is 4.90 Å². The molecule has 0 spiro atoms. The molecule has 3 aromatic heterocycles. The van der Waals surface area contributed by atoms with Crippen molar-refractivity contribution in [2.45, 2.75) is 9.37 Å². The Balaban J connectivity index is 1.86. The average molecular weight is 280 g/mol. The quantitative estimate of drug-likeness (QED) is 0.689. The fourth-order valence-corrected chi connectivity index (χ4v) is 2.86. The van der Waals surface area contributed by atoms with E-state index in [0.717, 1.165) is 14.5 Å². The molecule has 18 heavy (non-hydrogen) atoms. The molecule has 0 atom stereocenters. The monoisotopic (exact) mass is 280 g/mol. The molecule has 0 aliphatic carbocycles. The van der Waals surface area contributed by atoms with Crippen LogP contribution in [-0.2, 0) is 0 Å². The van der Waals surface area contributed by atoms with E-state index >= 15 is 0 Å². The Morgan fingerprint density at radius 2 is 2.11 bits per heavy atom. The third-order valence-corrected chi connectivity index (χ3v) is 4.08. The van der Waals surface area contributed by atoms with Crippen molar-refractivity contribution in [3.63, 3.8) is 0 Å². The molecular formula is C8H8N8S2. The Bertz CT molecular complexity index is 674. The van der Waals surface area contributed by atoms with Crippen molar-refractivity contribution in [1.29, 1.82) is 0 Å². The zero-order valence-corrected chi connectivity index (χ0v) is 11.2. The molecule has 0 amide bonds. The first-order valence-corrected chi connectivity index (χ1v) is 6.60. The van der Waals surface area contributed by atoms with Crippen molar-refractivity contribution in [3.8, 4) is 0 Å². The topological polar surface area (TPSA) is 85.0 Å². The summed E-state index contributed by atoms with van der Waals surface area (Å²) >= 11 is 2.94. The Kier molecular flexibility index (Phi) is 2.80. The molecule has 0 unspecified atom stereocenters. The summed E-state index contributed by atoms with van der Waals surface area (Å²) in [5.41, 5.74) is 0.616. The highest BCUT2D eigenvalue weighted by Crippen LogP contribution is 2.31. The lowest BCUT2D eigenvalue weighted by Gasteiger charge is -2.03. The van der Waals surface area contributed by atoms with Gasteiger partial charge in [-0.2, -0.15) is 0 Å². The van der Waals surface area contributed by atoms with Gasteiger partial charge < -0.3 is 4.90 Å². The van der Waals surface area contributed by atoms with Crippen LogP contribution in [0.4, 0.5) is 5.13 Å². The van der Waals surface area contributed by atoms with E-state index in [1.165, 1.54) is 27.7 Å². The summed E-state index contributed by atoms with van der Waals surface area (Å²) < 4.78 is 2.22. The molecule has 0 fully saturated rings. The smallest absolute Gasteiger partial charge is 0.208 e. The zero-order chi connectivity index (χ0) is 12.5. The second-order valence-electron chi connectivity index (χ2n) is 3.55. The van der Waals surface area contributed by atoms with Crippen molar-refractivity contribution in [2.75, 3.05) is 19.0 Å². The van der Waals surface area contributed by atoms with Crippen LogP contribution in [0.15, 0.2) is 21.5 Å². The molecule has 0 bridgehead atoms. The minimum atomic E-state index is 0.616. The third kappa shape index (κ3) is 2.11. The average Bonchev–Trinajstić information content (AvgIpc) is 2.96. The van der Waals surface area contributed by atoms with Crippen LogP contribution in [0.1, 0.15) is 0 Å². The largest absolute Gasteiger partial charge is 0.353 e. The molecule has 92 valence electrons. The van der Waals surface area contributed by atoms with Gasteiger partial charge in [0.25, 0.3) is 0 Å². The zero-order valence-electron chi connectivity index (χ0n) is 9.55. The van der Waals surface area contributed by atoms with Gasteiger partial charge in [-0.1, -0.05) is 11.3 Å². The Morgan fingerprint density at radius 1 is 1.22 bits per heavy atom. The van der Waals surface area contributed by atoms with E-state index in [0.29, 0.717) is 5.65 Å². The van der Waals surface area contributed by atoms with Crippen LogP contribution in [0.3, 0.4) is 0 Å². The van der Waals surface area contributed by atoms with E-state index in [-0.39, 0.29) is 0 Å². The number of fused-ring (bicyclic) bond motifs is 1. The van der Waals surface area contributed by atoms with Gasteiger partial charge in [0, 0.05) is 14.1 Å². The molecule has 3 heterocycles.